The lowest BCUT2D eigenvalue weighted by Gasteiger charge is -2.22. The third-order valence-corrected chi connectivity index (χ3v) is 4.02. The summed E-state index contributed by atoms with van der Waals surface area (Å²) >= 11 is 0. The van der Waals surface area contributed by atoms with Crippen LogP contribution in [0.5, 0.6) is 0 Å². The zero-order valence-corrected chi connectivity index (χ0v) is 15.2. The van der Waals surface area contributed by atoms with E-state index in [0.29, 0.717) is 12.1 Å². The molecular formula is C20H26N4O. The van der Waals surface area contributed by atoms with E-state index in [1.165, 1.54) is 5.69 Å². The molecule has 0 saturated carbocycles. The molecule has 5 nitrogen and oxygen atoms in total. The van der Waals surface area contributed by atoms with Gasteiger partial charge in [0.05, 0.1) is 17.4 Å². The normalized spacial score (nSPS) is 10.2. The largest absolute Gasteiger partial charge is 0.372 e. The second-order valence-corrected chi connectivity index (χ2v) is 5.76. The van der Waals surface area contributed by atoms with Crippen molar-refractivity contribution in [2.24, 2.45) is 0 Å². The highest BCUT2D eigenvalue weighted by molar-refractivity contribution is 5.95. The van der Waals surface area contributed by atoms with Crippen molar-refractivity contribution in [1.82, 2.24) is 10.3 Å². The van der Waals surface area contributed by atoms with Crippen molar-refractivity contribution in [1.29, 1.82) is 0 Å². The first-order chi connectivity index (χ1) is 12.1. The highest BCUT2D eigenvalue weighted by Crippen LogP contribution is 2.25. The molecule has 0 aliphatic rings. The van der Waals surface area contributed by atoms with E-state index in [1.54, 1.807) is 24.5 Å². The monoisotopic (exact) mass is 338 g/mol. The number of benzene rings is 1. The number of nitrogens with one attached hydrogen (secondary N) is 2. The molecule has 0 radical (unpaired) electrons. The Hall–Kier alpha value is -2.82. The zero-order chi connectivity index (χ0) is 18.2. The summed E-state index contributed by atoms with van der Waals surface area (Å²) in [6.07, 6.45) is 4.91. The SMILES string of the molecule is C=CCNC(=O)c1cncc(Nc2ccc(N(CC)CC)cc2C)c1. The Morgan fingerprint density at radius 3 is 2.64 bits per heavy atom. The summed E-state index contributed by atoms with van der Waals surface area (Å²) in [4.78, 5) is 18.5. The fourth-order valence-corrected chi connectivity index (χ4v) is 2.63. The number of amides is 1. The van der Waals surface area contributed by atoms with Crippen molar-refractivity contribution in [2.45, 2.75) is 20.8 Å². The number of carbonyl (C=O) groups excluding carboxylic acids is 1. The first-order valence-corrected chi connectivity index (χ1v) is 8.55. The van der Waals surface area contributed by atoms with E-state index >= 15 is 0 Å². The van der Waals surface area contributed by atoms with Crippen molar-refractivity contribution in [3.63, 3.8) is 0 Å². The lowest BCUT2D eigenvalue weighted by Crippen LogP contribution is -2.23. The maximum Gasteiger partial charge on any atom is 0.253 e. The van der Waals surface area contributed by atoms with E-state index in [1.807, 2.05) is 0 Å². The van der Waals surface area contributed by atoms with E-state index in [0.717, 1.165) is 30.0 Å². The molecular weight excluding hydrogens is 312 g/mol. The minimum Gasteiger partial charge on any atom is -0.372 e. The first-order valence-electron chi connectivity index (χ1n) is 8.55. The predicted octanol–water partition coefficient (Wildman–Crippen LogP) is 3.90. The van der Waals surface area contributed by atoms with Crippen LogP contribution in [0.3, 0.4) is 0 Å². The molecule has 132 valence electrons. The molecule has 1 aromatic heterocycles. The number of pyridine rings is 1. The van der Waals surface area contributed by atoms with Gasteiger partial charge in [-0.25, -0.2) is 0 Å². The van der Waals surface area contributed by atoms with Crippen LogP contribution in [-0.2, 0) is 0 Å². The average Bonchev–Trinajstić information content (AvgIpc) is 2.63. The third-order valence-electron chi connectivity index (χ3n) is 4.02. The van der Waals surface area contributed by atoms with Crippen LogP contribution in [0.4, 0.5) is 17.1 Å². The second kappa shape index (κ2) is 8.87. The summed E-state index contributed by atoms with van der Waals surface area (Å²) < 4.78 is 0. The Morgan fingerprint density at radius 2 is 2.00 bits per heavy atom. The first kappa shape index (κ1) is 18.5. The van der Waals surface area contributed by atoms with Gasteiger partial charge in [-0.3, -0.25) is 9.78 Å². The van der Waals surface area contributed by atoms with Crippen molar-refractivity contribution in [3.8, 4) is 0 Å². The summed E-state index contributed by atoms with van der Waals surface area (Å²) in [5.74, 6) is -0.162. The molecule has 2 rings (SSSR count). The topological polar surface area (TPSA) is 57.3 Å². The minimum absolute atomic E-state index is 0.162. The molecule has 2 N–H and O–H groups in total. The quantitative estimate of drug-likeness (QED) is 0.717. The van der Waals surface area contributed by atoms with Gasteiger partial charge in [0.2, 0.25) is 0 Å². The fourth-order valence-electron chi connectivity index (χ4n) is 2.63. The standard InChI is InChI=1S/C20H26N4O/c1-5-10-22-20(25)16-12-17(14-21-13-16)23-19-9-8-18(11-15(19)4)24(6-2)7-3/h5,8-9,11-14,23H,1,6-7,10H2,2-4H3,(H,22,25). The fraction of sp³-hybridized carbons (Fsp3) is 0.300. The van der Waals surface area contributed by atoms with E-state index in [4.69, 9.17) is 0 Å². The predicted molar refractivity (Wildman–Crippen MR) is 105 cm³/mol. The van der Waals surface area contributed by atoms with Crippen LogP contribution in [0, 0.1) is 6.92 Å². The number of rotatable bonds is 8. The van der Waals surface area contributed by atoms with Gasteiger partial charge in [0.25, 0.3) is 5.91 Å². The number of carbonyl (C=O) groups is 1. The number of aromatic nitrogens is 1. The second-order valence-electron chi connectivity index (χ2n) is 5.76. The Bertz CT molecular complexity index is 738. The van der Waals surface area contributed by atoms with Gasteiger partial charge in [0.15, 0.2) is 0 Å². The summed E-state index contributed by atoms with van der Waals surface area (Å²) in [5, 5.41) is 6.10. The number of hydrogen-bond acceptors (Lipinski definition) is 4. The Kier molecular flexibility index (Phi) is 6.57. The Balaban J connectivity index is 2.17. The summed E-state index contributed by atoms with van der Waals surface area (Å²) in [6.45, 7) is 12.4. The summed E-state index contributed by atoms with van der Waals surface area (Å²) in [5.41, 5.74) is 4.66. The lowest BCUT2D eigenvalue weighted by atomic mass is 10.1. The van der Waals surface area contributed by atoms with Gasteiger partial charge in [0.1, 0.15) is 0 Å². The van der Waals surface area contributed by atoms with Crippen molar-refractivity contribution >= 4 is 23.0 Å². The van der Waals surface area contributed by atoms with Crippen LogP contribution in [0.2, 0.25) is 0 Å². The number of anilines is 3. The highest BCUT2D eigenvalue weighted by Gasteiger charge is 2.08. The van der Waals surface area contributed by atoms with Gasteiger partial charge in [-0.1, -0.05) is 6.08 Å². The van der Waals surface area contributed by atoms with Crippen LogP contribution in [-0.4, -0.2) is 30.5 Å². The maximum atomic E-state index is 12.0. The lowest BCUT2D eigenvalue weighted by molar-refractivity contribution is 0.0957. The van der Waals surface area contributed by atoms with Gasteiger partial charge >= 0.3 is 0 Å². The summed E-state index contributed by atoms with van der Waals surface area (Å²) in [7, 11) is 0. The van der Waals surface area contributed by atoms with Crippen LogP contribution in [0.25, 0.3) is 0 Å². The van der Waals surface area contributed by atoms with Gasteiger partial charge in [-0.2, -0.15) is 0 Å². The molecule has 1 amide bonds. The molecule has 1 aromatic carbocycles. The molecule has 5 heteroatoms. The number of nitrogens with zero attached hydrogens (tertiary/aromatic N) is 2. The molecule has 2 aromatic rings. The molecule has 0 aliphatic heterocycles. The Labute approximate surface area is 149 Å². The smallest absolute Gasteiger partial charge is 0.253 e. The van der Waals surface area contributed by atoms with Crippen LogP contribution >= 0.6 is 0 Å². The number of hydrogen-bond donors (Lipinski definition) is 2. The van der Waals surface area contributed by atoms with Crippen LogP contribution in [0.1, 0.15) is 29.8 Å². The van der Waals surface area contributed by atoms with Gasteiger partial charge in [-0.05, 0) is 50.6 Å². The molecule has 0 spiro atoms. The van der Waals surface area contributed by atoms with E-state index in [2.05, 4.69) is 66.1 Å². The van der Waals surface area contributed by atoms with E-state index in [-0.39, 0.29) is 5.91 Å². The molecule has 1 heterocycles. The molecule has 0 atom stereocenters. The van der Waals surface area contributed by atoms with Crippen LogP contribution < -0.4 is 15.5 Å². The van der Waals surface area contributed by atoms with Crippen molar-refractivity contribution in [2.75, 3.05) is 29.9 Å². The van der Waals surface area contributed by atoms with Crippen molar-refractivity contribution in [3.05, 3.63) is 60.4 Å². The van der Waals surface area contributed by atoms with Gasteiger partial charge in [0, 0.05) is 37.2 Å². The zero-order valence-electron chi connectivity index (χ0n) is 15.2. The van der Waals surface area contributed by atoms with Gasteiger partial charge in [-0.15, -0.1) is 6.58 Å². The Morgan fingerprint density at radius 1 is 1.24 bits per heavy atom. The minimum atomic E-state index is -0.162. The van der Waals surface area contributed by atoms with Gasteiger partial charge < -0.3 is 15.5 Å². The highest BCUT2D eigenvalue weighted by atomic mass is 16.1. The summed E-state index contributed by atoms with van der Waals surface area (Å²) in [6, 6.07) is 8.14. The molecule has 0 saturated heterocycles. The third kappa shape index (κ3) is 4.83. The molecule has 0 fully saturated rings. The van der Waals surface area contributed by atoms with Crippen LogP contribution in [0.15, 0.2) is 49.3 Å². The number of aryl methyl sites for hydroxylation is 1. The molecule has 25 heavy (non-hydrogen) atoms. The van der Waals surface area contributed by atoms with E-state index < -0.39 is 0 Å². The van der Waals surface area contributed by atoms with Crippen molar-refractivity contribution < 1.29 is 4.79 Å². The molecule has 0 bridgehead atoms. The van der Waals surface area contributed by atoms with E-state index in [9.17, 15) is 4.79 Å². The molecule has 0 aliphatic carbocycles. The maximum absolute atomic E-state index is 12.0. The average molecular weight is 338 g/mol. The molecule has 0 unspecified atom stereocenters.